The fraction of sp³-hybridized carbons (Fsp3) is 0.391. The number of piperidine rings is 1. The second-order valence-corrected chi connectivity index (χ2v) is 8.01. The third kappa shape index (κ3) is 4.38. The van der Waals surface area contributed by atoms with Gasteiger partial charge in [0.2, 0.25) is 0 Å². The number of nitrogens with zero attached hydrogens (tertiary/aromatic N) is 4. The molecule has 0 radical (unpaired) electrons. The SMILES string of the molecule is CCn1c(=O)c(N2CCC(NC(=O)Nc3ccc(C)cc3C)CC2)nc2cccnc21. The molecule has 0 aliphatic carbocycles. The van der Waals surface area contributed by atoms with Crippen molar-refractivity contribution in [2.45, 2.75) is 46.2 Å². The number of amides is 2. The van der Waals surface area contributed by atoms with Crippen molar-refractivity contribution >= 4 is 28.7 Å². The van der Waals surface area contributed by atoms with Crippen LogP contribution in [0.1, 0.15) is 30.9 Å². The van der Waals surface area contributed by atoms with Gasteiger partial charge in [0.15, 0.2) is 11.5 Å². The fourth-order valence-corrected chi connectivity index (χ4v) is 4.10. The monoisotopic (exact) mass is 420 g/mol. The number of urea groups is 1. The van der Waals surface area contributed by atoms with E-state index in [1.54, 1.807) is 10.8 Å². The van der Waals surface area contributed by atoms with Crippen molar-refractivity contribution in [3.63, 3.8) is 0 Å². The lowest BCUT2D eigenvalue weighted by Gasteiger charge is -2.33. The maximum atomic E-state index is 13.0. The van der Waals surface area contributed by atoms with E-state index in [2.05, 4.69) is 20.6 Å². The Balaban J connectivity index is 1.41. The summed E-state index contributed by atoms with van der Waals surface area (Å²) in [6.45, 7) is 7.80. The van der Waals surface area contributed by atoms with Crippen molar-refractivity contribution in [2.24, 2.45) is 0 Å². The molecule has 8 nitrogen and oxygen atoms in total. The first-order valence-electron chi connectivity index (χ1n) is 10.7. The lowest BCUT2D eigenvalue weighted by atomic mass is 10.1. The van der Waals surface area contributed by atoms with E-state index in [1.807, 2.05) is 56.0 Å². The summed E-state index contributed by atoms with van der Waals surface area (Å²) in [6, 6.07) is 9.51. The predicted octanol–water partition coefficient (Wildman–Crippen LogP) is 3.22. The van der Waals surface area contributed by atoms with Crippen molar-refractivity contribution in [1.82, 2.24) is 19.9 Å². The third-order valence-corrected chi connectivity index (χ3v) is 5.76. The minimum atomic E-state index is -0.200. The summed E-state index contributed by atoms with van der Waals surface area (Å²) in [4.78, 5) is 36.3. The van der Waals surface area contributed by atoms with Crippen LogP contribution in [0.3, 0.4) is 0 Å². The van der Waals surface area contributed by atoms with Gasteiger partial charge in [0.1, 0.15) is 5.52 Å². The van der Waals surface area contributed by atoms with Crippen LogP contribution in [0.5, 0.6) is 0 Å². The Bertz CT molecular complexity index is 1160. The molecule has 0 saturated carbocycles. The Hall–Kier alpha value is -3.42. The molecule has 8 heteroatoms. The first-order chi connectivity index (χ1) is 15.0. The molecule has 3 heterocycles. The zero-order valence-electron chi connectivity index (χ0n) is 18.2. The van der Waals surface area contributed by atoms with E-state index < -0.39 is 0 Å². The molecule has 2 aromatic heterocycles. The third-order valence-electron chi connectivity index (χ3n) is 5.76. The highest BCUT2D eigenvalue weighted by atomic mass is 16.2. The second-order valence-electron chi connectivity index (χ2n) is 8.01. The van der Waals surface area contributed by atoms with E-state index in [-0.39, 0.29) is 17.6 Å². The number of hydrogen-bond acceptors (Lipinski definition) is 5. The lowest BCUT2D eigenvalue weighted by Crippen LogP contribution is -2.47. The summed E-state index contributed by atoms with van der Waals surface area (Å²) < 4.78 is 1.67. The maximum absolute atomic E-state index is 13.0. The van der Waals surface area contributed by atoms with Gasteiger partial charge in [-0.05, 0) is 57.4 Å². The summed E-state index contributed by atoms with van der Waals surface area (Å²) in [5.74, 6) is 0.459. The van der Waals surface area contributed by atoms with Crippen LogP contribution in [0.2, 0.25) is 0 Å². The average Bonchev–Trinajstić information content (AvgIpc) is 2.76. The molecular formula is C23H28N6O2. The number of carbonyl (C=O) groups is 1. The first-order valence-corrected chi connectivity index (χ1v) is 10.7. The van der Waals surface area contributed by atoms with E-state index in [0.717, 1.165) is 29.7 Å². The van der Waals surface area contributed by atoms with E-state index in [9.17, 15) is 9.59 Å². The van der Waals surface area contributed by atoms with Gasteiger partial charge >= 0.3 is 6.03 Å². The maximum Gasteiger partial charge on any atom is 0.319 e. The van der Waals surface area contributed by atoms with Gasteiger partial charge < -0.3 is 15.5 Å². The molecule has 4 rings (SSSR count). The summed E-state index contributed by atoms with van der Waals surface area (Å²) in [7, 11) is 0. The Labute approximate surface area is 181 Å². The predicted molar refractivity (Wildman–Crippen MR) is 123 cm³/mol. The number of aromatic nitrogens is 3. The zero-order valence-corrected chi connectivity index (χ0v) is 18.2. The van der Waals surface area contributed by atoms with Crippen LogP contribution in [0.15, 0.2) is 41.3 Å². The van der Waals surface area contributed by atoms with Crippen molar-refractivity contribution in [3.05, 3.63) is 58.0 Å². The van der Waals surface area contributed by atoms with Crippen LogP contribution < -0.4 is 21.1 Å². The van der Waals surface area contributed by atoms with Crippen molar-refractivity contribution in [3.8, 4) is 0 Å². The molecule has 1 aromatic carbocycles. The van der Waals surface area contributed by atoms with Crippen molar-refractivity contribution in [2.75, 3.05) is 23.3 Å². The average molecular weight is 421 g/mol. The van der Waals surface area contributed by atoms with Crippen LogP contribution in [-0.4, -0.2) is 39.7 Å². The van der Waals surface area contributed by atoms with E-state index >= 15 is 0 Å². The van der Waals surface area contributed by atoms with Crippen molar-refractivity contribution in [1.29, 1.82) is 0 Å². The molecule has 0 unspecified atom stereocenters. The molecule has 3 aromatic rings. The van der Waals surface area contributed by atoms with Crippen LogP contribution in [-0.2, 0) is 6.54 Å². The van der Waals surface area contributed by atoms with Crippen LogP contribution >= 0.6 is 0 Å². The summed E-state index contributed by atoms with van der Waals surface area (Å²) in [5, 5.41) is 5.99. The second kappa shape index (κ2) is 8.75. The van der Waals surface area contributed by atoms with Gasteiger partial charge in [0.25, 0.3) is 5.56 Å². The number of rotatable bonds is 4. The molecule has 2 amide bonds. The molecule has 0 spiro atoms. The van der Waals surface area contributed by atoms with Gasteiger partial charge in [0.05, 0.1) is 0 Å². The molecule has 162 valence electrons. The van der Waals surface area contributed by atoms with Gasteiger partial charge in [-0.2, -0.15) is 0 Å². The normalized spacial score (nSPS) is 14.6. The number of anilines is 2. The van der Waals surface area contributed by atoms with E-state index in [0.29, 0.717) is 36.6 Å². The molecule has 0 bridgehead atoms. The first kappa shape index (κ1) is 20.8. The fourth-order valence-electron chi connectivity index (χ4n) is 4.10. The molecule has 1 fully saturated rings. The molecule has 1 aliphatic rings. The number of carbonyl (C=O) groups excluding carboxylic acids is 1. The van der Waals surface area contributed by atoms with E-state index in [4.69, 9.17) is 0 Å². The number of pyridine rings is 1. The van der Waals surface area contributed by atoms with Crippen molar-refractivity contribution < 1.29 is 4.79 Å². The molecule has 2 N–H and O–H groups in total. The highest BCUT2D eigenvalue weighted by Crippen LogP contribution is 2.19. The summed E-state index contributed by atoms with van der Waals surface area (Å²) in [6.07, 6.45) is 3.17. The van der Waals surface area contributed by atoms with Gasteiger partial charge in [-0.15, -0.1) is 0 Å². The van der Waals surface area contributed by atoms with Gasteiger partial charge in [-0.25, -0.2) is 14.8 Å². The topological polar surface area (TPSA) is 92.2 Å². The number of nitrogens with one attached hydrogen (secondary N) is 2. The molecule has 31 heavy (non-hydrogen) atoms. The van der Waals surface area contributed by atoms with Crippen LogP contribution in [0.4, 0.5) is 16.3 Å². The lowest BCUT2D eigenvalue weighted by molar-refractivity contribution is 0.246. The zero-order chi connectivity index (χ0) is 22.0. The minimum Gasteiger partial charge on any atom is -0.352 e. The molecule has 1 saturated heterocycles. The Morgan fingerprint density at radius 2 is 1.97 bits per heavy atom. The number of hydrogen-bond donors (Lipinski definition) is 2. The van der Waals surface area contributed by atoms with Crippen LogP contribution in [0, 0.1) is 13.8 Å². The number of fused-ring (bicyclic) bond motifs is 1. The Morgan fingerprint density at radius 3 is 2.68 bits per heavy atom. The Morgan fingerprint density at radius 1 is 1.19 bits per heavy atom. The highest BCUT2D eigenvalue weighted by Gasteiger charge is 2.24. The number of benzene rings is 1. The van der Waals surface area contributed by atoms with E-state index in [1.165, 1.54) is 0 Å². The Kier molecular flexibility index (Phi) is 5.88. The van der Waals surface area contributed by atoms with Crippen LogP contribution in [0.25, 0.3) is 11.2 Å². The minimum absolute atomic E-state index is 0.0533. The molecule has 0 atom stereocenters. The van der Waals surface area contributed by atoms with Gasteiger partial charge in [-0.3, -0.25) is 9.36 Å². The largest absolute Gasteiger partial charge is 0.352 e. The quantitative estimate of drug-likeness (QED) is 0.676. The summed E-state index contributed by atoms with van der Waals surface area (Å²) >= 11 is 0. The standard InChI is InChI=1S/C23H28N6O2/c1-4-29-20-19(6-5-11-24-20)26-21(22(29)30)28-12-9-17(10-13-28)25-23(31)27-18-8-7-15(2)14-16(18)3/h5-8,11,14,17H,4,9-10,12-13H2,1-3H3,(H2,25,27,31). The van der Waals surface area contributed by atoms with Gasteiger partial charge in [-0.1, -0.05) is 17.7 Å². The highest BCUT2D eigenvalue weighted by molar-refractivity contribution is 5.90. The smallest absolute Gasteiger partial charge is 0.319 e. The number of aryl methyl sites for hydroxylation is 3. The van der Waals surface area contributed by atoms with Gasteiger partial charge in [0, 0.05) is 37.6 Å². The summed E-state index contributed by atoms with van der Waals surface area (Å²) in [5.41, 5.74) is 4.22. The molecular weight excluding hydrogens is 392 g/mol. The molecule has 1 aliphatic heterocycles.